The van der Waals surface area contributed by atoms with Crippen molar-refractivity contribution in [2.45, 2.75) is 37.7 Å². The zero-order valence-corrected chi connectivity index (χ0v) is 13.5. The van der Waals surface area contributed by atoms with Crippen LogP contribution in [-0.2, 0) is 9.53 Å². The maximum Gasteiger partial charge on any atom is 0.225 e. The first-order chi connectivity index (χ1) is 10.7. The van der Waals surface area contributed by atoms with Gasteiger partial charge in [0.25, 0.3) is 0 Å². The highest BCUT2D eigenvalue weighted by Crippen LogP contribution is 2.40. The molecular weight excluding hydrogens is 300 g/mol. The van der Waals surface area contributed by atoms with Crippen LogP contribution in [0.5, 0.6) is 0 Å². The molecule has 6 nitrogen and oxygen atoms in total. The Morgan fingerprint density at radius 1 is 1.45 bits per heavy atom. The number of rotatable bonds is 4. The maximum atomic E-state index is 12.2. The van der Waals surface area contributed by atoms with Crippen molar-refractivity contribution in [1.82, 2.24) is 15.5 Å². The number of anilines is 1. The van der Waals surface area contributed by atoms with Crippen molar-refractivity contribution >= 4 is 22.4 Å². The molecular formula is C15H22N4O2S. The number of piperidine rings is 1. The molecule has 1 spiro atoms. The lowest BCUT2D eigenvalue weighted by molar-refractivity contribution is -0.125. The zero-order chi connectivity index (χ0) is 15.0. The van der Waals surface area contributed by atoms with Crippen molar-refractivity contribution in [2.24, 2.45) is 11.8 Å². The van der Waals surface area contributed by atoms with E-state index in [-0.39, 0.29) is 17.4 Å². The normalized spacial score (nSPS) is 27.3. The van der Waals surface area contributed by atoms with Gasteiger partial charge in [-0.2, -0.15) is 0 Å². The number of carbonyl (C=O) groups is 1. The van der Waals surface area contributed by atoms with Gasteiger partial charge < -0.3 is 15.0 Å². The standard InChI is InChI=1S/C15H22N4O2S/c20-13(16-8-11-1-2-11)12-7-15(21-9-12)3-5-19(6-4-15)14-18-17-10-22-14/h10-12H,1-9H2,(H,16,20). The van der Waals surface area contributed by atoms with Crippen molar-refractivity contribution in [2.75, 3.05) is 31.1 Å². The molecule has 2 saturated heterocycles. The molecule has 7 heteroatoms. The van der Waals surface area contributed by atoms with E-state index in [1.165, 1.54) is 12.8 Å². The van der Waals surface area contributed by atoms with Crippen LogP contribution in [0.15, 0.2) is 5.51 Å². The van der Waals surface area contributed by atoms with Gasteiger partial charge >= 0.3 is 0 Å². The van der Waals surface area contributed by atoms with E-state index in [0.29, 0.717) is 6.61 Å². The van der Waals surface area contributed by atoms with Crippen LogP contribution in [0.2, 0.25) is 0 Å². The van der Waals surface area contributed by atoms with Crippen LogP contribution in [0.25, 0.3) is 0 Å². The highest BCUT2D eigenvalue weighted by molar-refractivity contribution is 7.13. The first kappa shape index (κ1) is 14.4. The molecule has 3 heterocycles. The molecule has 1 aromatic rings. The smallest absolute Gasteiger partial charge is 0.225 e. The molecule has 1 N–H and O–H groups in total. The molecule has 1 aromatic heterocycles. The Morgan fingerprint density at radius 2 is 2.27 bits per heavy atom. The number of hydrogen-bond donors (Lipinski definition) is 1. The Morgan fingerprint density at radius 3 is 2.95 bits per heavy atom. The summed E-state index contributed by atoms with van der Waals surface area (Å²) in [4.78, 5) is 14.5. The van der Waals surface area contributed by atoms with Gasteiger partial charge in [-0.1, -0.05) is 11.3 Å². The third-order valence-corrected chi connectivity index (χ3v) is 5.89. The summed E-state index contributed by atoms with van der Waals surface area (Å²) in [5.74, 6) is 0.956. The van der Waals surface area contributed by atoms with Crippen LogP contribution in [-0.4, -0.2) is 47.9 Å². The first-order valence-corrected chi connectivity index (χ1v) is 9.05. The monoisotopic (exact) mass is 322 g/mol. The van der Waals surface area contributed by atoms with Gasteiger partial charge in [0.2, 0.25) is 11.0 Å². The second kappa shape index (κ2) is 5.77. The van der Waals surface area contributed by atoms with Crippen molar-refractivity contribution in [1.29, 1.82) is 0 Å². The van der Waals surface area contributed by atoms with E-state index in [0.717, 1.165) is 49.9 Å². The summed E-state index contributed by atoms with van der Waals surface area (Å²) in [7, 11) is 0. The maximum absolute atomic E-state index is 12.2. The van der Waals surface area contributed by atoms with Crippen molar-refractivity contribution in [3.05, 3.63) is 5.51 Å². The fourth-order valence-electron chi connectivity index (χ4n) is 3.48. The van der Waals surface area contributed by atoms with E-state index < -0.39 is 0 Å². The largest absolute Gasteiger partial charge is 0.374 e. The van der Waals surface area contributed by atoms with E-state index in [1.54, 1.807) is 16.8 Å². The quantitative estimate of drug-likeness (QED) is 0.908. The first-order valence-electron chi connectivity index (χ1n) is 8.17. The Labute approximate surface area is 134 Å². The number of amides is 1. The minimum atomic E-state index is -0.0945. The predicted molar refractivity (Wildman–Crippen MR) is 83.9 cm³/mol. The number of hydrogen-bond acceptors (Lipinski definition) is 6. The molecule has 22 heavy (non-hydrogen) atoms. The van der Waals surface area contributed by atoms with Gasteiger partial charge in [0.05, 0.1) is 18.1 Å². The summed E-state index contributed by atoms with van der Waals surface area (Å²) < 4.78 is 6.08. The molecule has 0 bridgehead atoms. The Hall–Kier alpha value is -1.21. The SMILES string of the molecule is O=C(NCC1CC1)C1COC2(CCN(c3nncs3)CC2)C1. The third kappa shape index (κ3) is 2.96. The highest BCUT2D eigenvalue weighted by atomic mass is 32.1. The molecule has 0 radical (unpaired) electrons. The van der Waals surface area contributed by atoms with Crippen molar-refractivity contribution in [3.63, 3.8) is 0 Å². The minimum absolute atomic E-state index is 0.0341. The molecule has 1 atom stereocenters. The average molecular weight is 322 g/mol. The van der Waals surface area contributed by atoms with Crippen LogP contribution in [0, 0.1) is 11.8 Å². The highest BCUT2D eigenvalue weighted by Gasteiger charge is 2.45. The van der Waals surface area contributed by atoms with E-state index in [2.05, 4.69) is 20.4 Å². The number of carbonyl (C=O) groups excluding carboxylic acids is 1. The van der Waals surface area contributed by atoms with E-state index in [4.69, 9.17) is 4.74 Å². The van der Waals surface area contributed by atoms with Crippen molar-refractivity contribution in [3.8, 4) is 0 Å². The summed E-state index contributed by atoms with van der Waals surface area (Å²) in [5.41, 5.74) is 1.68. The molecule has 2 aliphatic heterocycles. The van der Waals surface area contributed by atoms with Crippen LogP contribution in [0.4, 0.5) is 5.13 Å². The fraction of sp³-hybridized carbons (Fsp3) is 0.800. The number of ether oxygens (including phenoxy) is 1. The summed E-state index contributed by atoms with van der Waals surface area (Å²) in [6.45, 7) is 3.31. The molecule has 0 aromatic carbocycles. The van der Waals surface area contributed by atoms with Gasteiger partial charge in [-0.15, -0.1) is 10.2 Å². The van der Waals surface area contributed by atoms with Crippen LogP contribution >= 0.6 is 11.3 Å². The van der Waals surface area contributed by atoms with Crippen LogP contribution in [0.1, 0.15) is 32.1 Å². The minimum Gasteiger partial charge on any atom is -0.374 e. The summed E-state index contributed by atoms with van der Waals surface area (Å²) in [5, 5.41) is 12.1. The van der Waals surface area contributed by atoms with E-state index >= 15 is 0 Å². The topological polar surface area (TPSA) is 67.3 Å². The number of nitrogens with one attached hydrogen (secondary N) is 1. The summed E-state index contributed by atoms with van der Waals surface area (Å²) in [6.07, 6.45) is 5.35. The number of nitrogens with zero attached hydrogens (tertiary/aromatic N) is 3. The molecule has 3 fully saturated rings. The molecule has 4 rings (SSSR count). The average Bonchev–Trinajstić information content (AvgIpc) is 3.04. The van der Waals surface area contributed by atoms with E-state index in [9.17, 15) is 4.79 Å². The number of aromatic nitrogens is 2. The molecule has 3 aliphatic rings. The lowest BCUT2D eigenvalue weighted by atomic mass is 9.85. The fourth-order valence-corrected chi connectivity index (χ4v) is 4.10. The summed E-state index contributed by atoms with van der Waals surface area (Å²) >= 11 is 1.58. The van der Waals surface area contributed by atoms with Crippen LogP contribution < -0.4 is 10.2 Å². The van der Waals surface area contributed by atoms with Gasteiger partial charge in [0.15, 0.2) is 0 Å². The Kier molecular flexibility index (Phi) is 3.78. The predicted octanol–water partition coefficient (Wildman–Crippen LogP) is 1.44. The molecule has 1 saturated carbocycles. The molecule has 1 unspecified atom stereocenters. The lowest BCUT2D eigenvalue weighted by Crippen LogP contribution is -2.44. The lowest BCUT2D eigenvalue weighted by Gasteiger charge is -2.38. The Bertz CT molecular complexity index is 524. The van der Waals surface area contributed by atoms with Gasteiger partial charge in [-0.25, -0.2) is 0 Å². The van der Waals surface area contributed by atoms with Gasteiger partial charge in [0.1, 0.15) is 5.51 Å². The third-order valence-electron chi connectivity index (χ3n) is 5.14. The van der Waals surface area contributed by atoms with Gasteiger partial charge in [-0.05, 0) is 38.0 Å². The van der Waals surface area contributed by atoms with Gasteiger partial charge in [-0.3, -0.25) is 4.79 Å². The van der Waals surface area contributed by atoms with Crippen LogP contribution in [0.3, 0.4) is 0 Å². The summed E-state index contributed by atoms with van der Waals surface area (Å²) in [6, 6.07) is 0. The molecule has 120 valence electrons. The van der Waals surface area contributed by atoms with Crippen molar-refractivity contribution < 1.29 is 9.53 Å². The zero-order valence-electron chi connectivity index (χ0n) is 12.7. The Balaban J connectivity index is 1.29. The van der Waals surface area contributed by atoms with E-state index in [1.807, 2.05) is 0 Å². The van der Waals surface area contributed by atoms with Gasteiger partial charge in [0, 0.05) is 19.6 Å². The second-order valence-corrected chi connectivity index (χ2v) is 7.60. The molecule has 1 amide bonds. The molecule has 1 aliphatic carbocycles. The second-order valence-electron chi connectivity index (χ2n) is 6.79.